The van der Waals surface area contributed by atoms with Gasteiger partial charge in [0.15, 0.2) is 5.76 Å². The quantitative estimate of drug-likeness (QED) is 0.270. The number of fused-ring (bicyclic) bond motifs is 4. The fourth-order valence-electron chi connectivity index (χ4n) is 5.32. The maximum Gasteiger partial charge on any atom is 0.232 e. The molecule has 1 saturated carbocycles. The predicted octanol–water partition coefficient (Wildman–Crippen LogP) is 7.00. The zero-order chi connectivity index (χ0) is 21.1. The van der Waals surface area contributed by atoms with Crippen LogP contribution >= 0.6 is 22.6 Å². The van der Waals surface area contributed by atoms with E-state index in [9.17, 15) is 4.79 Å². The van der Waals surface area contributed by atoms with Crippen molar-refractivity contribution in [3.05, 3.63) is 92.2 Å². The summed E-state index contributed by atoms with van der Waals surface area (Å²) in [7, 11) is 0. The molecule has 0 bridgehead atoms. The largest absolute Gasteiger partial charge is 0.452 e. The van der Waals surface area contributed by atoms with E-state index >= 15 is 0 Å². The number of halogens is 1. The van der Waals surface area contributed by atoms with E-state index in [2.05, 4.69) is 76.9 Å². The van der Waals surface area contributed by atoms with Crippen molar-refractivity contribution in [1.29, 1.82) is 0 Å². The van der Waals surface area contributed by atoms with E-state index < -0.39 is 0 Å². The molecule has 3 aromatic carbocycles. The Bertz CT molecular complexity index is 1240. The Morgan fingerprint density at radius 2 is 1.87 bits per heavy atom. The minimum absolute atomic E-state index is 0.0333. The molecule has 2 unspecified atom stereocenters. The number of nitrogens with zero attached hydrogens (tertiary/aromatic N) is 1. The van der Waals surface area contributed by atoms with E-state index in [1.165, 1.54) is 41.8 Å². The molecule has 4 heteroatoms. The van der Waals surface area contributed by atoms with Gasteiger partial charge in [-0.05, 0) is 102 Å². The average molecular weight is 519 g/mol. The van der Waals surface area contributed by atoms with Gasteiger partial charge in [-0.2, -0.15) is 0 Å². The summed E-state index contributed by atoms with van der Waals surface area (Å²) in [6.07, 6.45) is 5.60. The van der Waals surface area contributed by atoms with Crippen LogP contribution in [-0.2, 0) is 0 Å². The molecule has 2 aliphatic heterocycles. The van der Waals surface area contributed by atoms with Crippen LogP contribution in [0.2, 0.25) is 0 Å². The van der Waals surface area contributed by atoms with E-state index in [-0.39, 0.29) is 5.78 Å². The lowest BCUT2D eigenvalue weighted by Gasteiger charge is -2.27. The molecule has 0 radical (unpaired) electrons. The minimum atomic E-state index is -0.0333. The van der Waals surface area contributed by atoms with Gasteiger partial charge in [0.2, 0.25) is 5.78 Å². The third-order valence-corrected chi connectivity index (χ3v) is 7.43. The first-order chi connectivity index (χ1) is 15.1. The summed E-state index contributed by atoms with van der Waals surface area (Å²) in [4.78, 5) is 15.4. The Labute approximate surface area is 195 Å². The lowest BCUT2D eigenvalue weighted by Crippen LogP contribution is -2.26. The van der Waals surface area contributed by atoms with Crippen molar-refractivity contribution in [2.45, 2.75) is 38.1 Å². The molecule has 1 aliphatic carbocycles. The number of carbonyl (C=O) groups is 1. The Morgan fingerprint density at radius 3 is 2.71 bits per heavy atom. The average Bonchev–Trinajstić information content (AvgIpc) is 3.43. The molecule has 0 aromatic heterocycles. The summed E-state index contributed by atoms with van der Waals surface area (Å²) >= 11 is 2.22. The smallest absolute Gasteiger partial charge is 0.232 e. The lowest BCUT2D eigenvalue weighted by molar-refractivity contribution is 0.101. The van der Waals surface area contributed by atoms with Crippen molar-refractivity contribution in [3.63, 3.8) is 0 Å². The summed E-state index contributed by atoms with van der Waals surface area (Å²) in [5, 5.41) is 0. The van der Waals surface area contributed by atoms with Gasteiger partial charge >= 0.3 is 0 Å². The number of ether oxygens (including phenoxy) is 1. The van der Waals surface area contributed by atoms with Crippen molar-refractivity contribution in [1.82, 2.24) is 0 Å². The van der Waals surface area contributed by atoms with E-state index in [0.29, 0.717) is 29.0 Å². The molecule has 2 atom stereocenters. The fourth-order valence-corrected chi connectivity index (χ4v) is 5.81. The molecule has 3 nitrogen and oxygen atoms in total. The molecule has 0 spiro atoms. The monoisotopic (exact) mass is 519 g/mol. The summed E-state index contributed by atoms with van der Waals surface area (Å²) < 4.78 is 6.92. The second-order valence-electron chi connectivity index (χ2n) is 8.71. The first-order valence-corrected chi connectivity index (χ1v) is 11.9. The summed E-state index contributed by atoms with van der Waals surface area (Å²) in [6, 6.07) is 21.7. The Morgan fingerprint density at radius 1 is 1.03 bits per heavy atom. The molecule has 0 saturated heterocycles. The van der Waals surface area contributed by atoms with Gasteiger partial charge in [-0.1, -0.05) is 30.2 Å². The maximum atomic E-state index is 12.8. The van der Waals surface area contributed by atoms with Crippen molar-refractivity contribution in [2.75, 3.05) is 4.90 Å². The van der Waals surface area contributed by atoms with Crippen LogP contribution in [0.25, 0.3) is 6.08 Å². The van der Waals surface area contributed by atoms with E-state index in [4.69, 9.17) is 4.74 Å². The normalized spacial score (nSPS) is 22.5. The number of ketones is 1. The number of hydrogen-bond acceptors (Lipinski definition) is 3. The van der Waals surface area contributed by atoms with Crippen LogP contribution in [0.4, 0.5) is 11.4 Å². The van der Waals surface area contributed by atoms with Gasteiger partial charge in [-0.15, -0.1) is 0 Å². The molecule has 6 rings (SSSR count). The molecule has 31 heavy (non-hydrogen) atoms. The van der Waals surface area contributed by atoms with Gasteiger partial charge in [0.05, 0.1) is 5.56 Å². The Kier molecular flexibility index (Phi) is 4.46. The molecule has 1 fully saturated rings. The predicted molar refractivity (Wildman–Crippen MR) is 132 cm³/mol. The van der Waals surface area contributed by atoms with Crippen molar-refractivity contribution < 1.29 is 9.53 Å². The number of hydrogen-bond donors (Lipinski definition) is 0. The third kappa shape index (κ3) is 3.11. The molecule has 3 aliphatic rings. The first kappa shape index (κ1) is 19.1. The molecule has 0 N–H and O–H groups in total. The van der Waals surface area contributed by atoms with Gasteiger partial charge < -0.3 is 9.64 Å². The van der Waals surface area contributed by atoms with Crippen LogP contribution in [0.15, 0.2) is 66.4 Å². The number of aryl methyl sites for hydroxylation is 1. The highest BCUT2D eigenvalue weighted by Crippen LogP contribution is 2.52. The fraction of sp³-hybridized carbons (Fsp3) is 0.222. The first-order valence-electron chi connectivity index (χ1n) is 10.8. The molecule has 2 heterocycles. The standard InChI is InChI=1S/C27H22INO2/c1-16-5-9-19(10-6-16)29-23-4-2-3-20(23)21-13-17(7-11-24(21)29)14-26-27(30)22-15-18(28)8-12-25(22)31-26/h5-15,20,23H,2-4H2,1H3/b26-14-. The van der Waals surface area contributed by atoms with E-state index in [1.54, 1.807) is 0 Å². The number of carbonyl (C=O) groups excluding carboxylic acids is 1. The number of allylic oxidation sites excluding steroid dienone is 1. The Hall–Kier alpha value is -2.60. The third-order valence-electron chi connectivity index (χ3n) is 6.76. The molecular formula is C27H22INO2. The molecular weight excluding hydrogens is 497 g/mol. The van der Waals surface area contributed by atoms with Crippen LogP contribution < -0.4 is 9.64 Å². The number of anilines is 2. The van der Waals surface area contributed by atoms with E-state index in [0.717, 1.165) is 9.13 Å². The van der Waals surface area contributed by atoms with Gasteiger partial charge in [0.1, 0.15) is 5.75 Å². The van der Waals surface area contributed by atoms with Crippen LogP contribution in [0, 0.1) is 10.5 Å². The summed E-state index contributed by atoms with van der Waals surface area (Å²) in [5.41, 5.74) is 6.94. The van der Waals surface area contributed by atoms with Crippen molar-refractivity contribution in [2.24, 2.45) is 0 Å². The van der Waals surface area contributed by atoms with Gasteiger partial charge in [-0.25, -0.2) is 0 Å². The number of benzene rings is 3. The number of rotatable bonds is 2. The van der Waals surface area contributed by atoms with Gasteiger partial charge in [0.25, 0.3) is 0 Å². The second-order valence-corrected chi connectivity index (χ2v) is 9.95. The zero-order valence-corrected chi connectivity index (χ0v) is 19.4. The van der Waals surface area contributed by atoms with Crippen molar-refractivity contribution >= 4 is 45.8 Å². The highest BCUT2D eigenvalue weighted by Gasteiger charge is 2.42. The zero-order valence-electron chi connectivity index (χ0n) is 17.3. The summed E-state index contributed by atoms with van der Waals surface area (Å²) in [6.45, 7) is 2.13. The van der Waals surface area contributed by atoms with E-state index in [1.807, 2.05) is 24.3 Å². The highest BCUT2D eigenvalue weighted by atomic mass is 127. The summed E-state index contributed by atoms with van der Waals surface area (Å²) in [5.74, 6) is 1.58. The topological polar surface area (TPSA) is 29.5 Å². The second kappa shape index (κ2) is 7.23. The van der Waals surface area contributed by atoms with Crippen molar-refractivity contribution in [3.8, 4) is 5.75 Å². The van der Waals surface area contributed by atoms with Crippen LogP contribution in [0.3, 0.4) is 0 Å². The minimum Gasteiger partial charge on any atom is -0.452 e. The SMILES string of the molecule is Cc1ccc(N2c3ccc(/C=C4\Oc5ccc(I)cc5C4=O)cc3C3CCCC32)cc1. The lowest BCUT2D eigenvalue weighted by atomic mass is 9.95. The molecule has 0 amide bonds. The van der Waals surface area contributed by atoms with Gasteiger partial charge in [-0.3, -0.25) is 4.79 Å². The molecule has 3 aromatic rings. The van der Waals surface area contributed by atoms with Crippen LogP contribution in [0.5, 0.6) is 5.75 Å². The maximum absolute atomic E-state index is 12.8. The Balaban J connectivity index is 1.38. The highest BCUT2D eigenvalue weighted by molar-refractivity contribution is 14.1. The molecule has 154 valence electrons. The number of Topliss-reactive ketones (excluding diaryl/α,β-unsaturated/α-hetero) is 1. The van der Waals surface area contributed by atoms with Crippen LogP contribution in [0.1, 0.15) is 52.2 Å². The van der Waals surface area contributed by atoms with Crippen LogP contribution in [-0.4, -0.2) is 11.8 Å². The van der Waals surface area contributed by atoms with Gasteiger partial charge in [0, 0.05) is 26.9 Å².